The van der Waals surface area contributed by atoms with Crippen molar-refractivity contribution in [1.82, 2.24) is 9.97 Å². The maximum Gasteiger partial charge on any atom is 0.192 e. The van der Waals surface area contributed by atoms with Crippen LogP contribution in [0, 0.1) is 18.3 Å². The highest BCUT2D eigenvalue weighted by Gasteiger charge is 2.07. The summed E-state index contributed by atoms with van der Waals surface area (Å²) in [6.45, 7) is 2.37. The quantitative estimate of drug-likeness (QED) is 0.852. The van der Waals surface area contributed by atoms with Crippen LogP contribution in [0.3, 0.4) is 0 Å². The molecule has 0 bridgehead atoms. The van der Waals surface area contributed by atoms with Crippen LogP contribution in [0.15, 0.2) is 40.6 Å². The second-order valence-electron chi connectivity index (χ2n) is 3.79. The second kappa shape index (κ2) is 5.63. The number of nitrogens with zero attached hydrogens (tertiary/aromatic N) is 3. The van der Waals surface area contributed by atoms with Gasteiger partial charge in [-0.2, -0.15) is 5.26 Å². The maximum absolute atomic E-state index is 9.12. The fraction of sp³-hybridized carbons (Fsp3) is 0.154. The first kappa shape index (κ1) is 12.6. The number of hydrogen-bond acceptors (Lipinski definition) is 5. The van der Waals surface area contributed by atoms with Crippen LogP contribution >= 0.6 is 11.8 Å². The fourth-order valence-corrected chi connectivity index (χ4v) is 2.17. The van der Waals surface area contributed by atoms with Gasteiger partial charge in [-0.25, -0.2) is 9.97 Å². The highest BCUT2D eigenvalue weighted by Crippen LogP contribution is 2.28. The molecule has 0 radical (unpaired) electrons. The average molecular weight is 256 g/mol. The largest absolute Gasteiger partial charge is 0.326 e. The van der Waals surface area contributed by atoms with Crippen molar-refractivity contribution in [3.8, 4) is 6.07 Å². The van der Waals surface area contributed by atoms with Crippen LogP contribution in [-0.4, -0.2) is 9.97 Å². The van der Waals surface area contributed by atoms with E-state index in [1.165, 1.54) is 11.8 Å². The Morgan fingerprint density at radius 3 is 2.67 bits per heavy atom. The van der Waals surface area contributed by atoms with Gasteiger partial charge in [0, 0.05) is 23.8 Å². The van der Waals surface area contributed by atoms with Gasteiger partial charge in [0.05, 0.1) is 5.56 Å². The van der Waals surface area contributed by atoms with E-state index in [9.17, 15) is 0 Å². The molecule has 0 atom stereocenters. The Bertz CT molecular complexity index is 587. The van der Waals surface area contributed by atoms with Gasteiger partial charge < -0.3 is 5.73 Å². The molecule has 1 heterocycles. The van der Waals surface area contributed by atoms with Gasteiger partial charge in [-0.3, -0.25) is 0 Å². The summed E-state index contributed by atoms with van der Waals surface area (Å²) in [5.41, 5.74) is 8.11. The summed E-state index contributed by atoms with van der Waals surface area (Å²) in [7, 11) is 0. The molecule has 0 aliphatic rings. The summed E-state index contributed by atoms with van der Waals surface area (Å²) in [6, 6.07) is 7.77. The van der Waals surface area contributed by atoms with E-state index in [0.717, 1.165) is 16.0 Å². The molecule has 0 unspecified atom stereocenters. The molecule has 1 aromatic heterocycles. The smallest absolute Gasteiger partial charge is 0.192 e. The maximum atomic E-state index is 9.12. The first-order valence-electron chi connectivity index (χ1n) is 5.42. The molecule has 90 valence electrons. The van der Waals surface area contributed by atoms with E-state index >= 15 is 0 Å². The number of nitriles is 1. The molecule has 0 aliphatic heterocycles. The molecular weight excluding hydrogens is 244 g/mol. The van der Waals surface area contributed by atoms with Crippen molar-refractivity contribution >= 4 is 11.8 Å². The number of aromatic nitrogens is 2. The minimum atomic E-state index is 0.431. The van der Waals surface area contributed by atoms with E-state index in [1.807, 2.05) is 19.1 Å². The zero-order valence-electron chi connectivity index (χ0n) is 9.92. The number of aryl methyl sites for hydroxylation is 1. The van der Waals surface area contributed by atoms with Gasteiger partial charge >= 0.3 is 0 Å². The standard InChI is InChI=1S/C13H12N4S/c1-9-7-16-13(17-8-9)18-12-3-2-10(5-14)4-11(12)6-15/h2-4,7-8H,5,14H2,1H3. The third-order valence-electron chi connectivity index (χ3n) is 2.36. The molecule has 0 spiro atoms. The van der Waals surface area contributed by atoms with Crippen LogP contribution in [-0.2, 0) is 6.54 Å². The molecular formula is C13H12N4S. The normalized spacial score (nSPS) is 10.1. The Hall–Kier alpha value is -1.90. The molecule has 2 aromatic rings. The van der Waals surface area contributed by atoms with Crippen LogP contribution in [0.1, 0.15) is 16.7 Å². The van der Waals surface area contributed by atoms with Crippen molar-refractivity contribution in [2.24, 2.45) is 5.73 Å². The summed E-state index contributed by atoms with van der Waals surface area (Å²) < 4.78 is 0. The van der Waals surface area contributed by atoms with Crippen molar-refractivity contribution in [2.45, 2.75) is 23.5 Å². The van der Waals surface area contributed by atoms with E-state index < -0.39 is 0 Å². The van der Waals surface area contributed by atoms with Crippen LogP contribution in [0.2, 0.25) is 0 Å². The van der Waals surface area contributed by atoms with Gasteiger partial charge in [-0.15, -0.1) is 0 Å². The van der Waals surface area contributed by atoms with E-state index in [1.54, 1.807) is 18.5 Å². The lowest BCUT2D eigenvalue weighted by Crippen LogP contribution is -1.97. The molecule has 5 heteroatoms. The van der Waals surface area contributed by atoms with Crippen molar-refractivity contribution in [1.29, 1.82) is 5.26 Å². The molecule has 0 fully saturated rings. The molecule has 2 N–H and O–H groups in total. The third-order valence-corrected chi connectivity index (χ3v) is 3.33. The number of nitrogens with two attached hydrogens (primary N) is 1. The summed E-state index contributed by atoms with van der Waals surface area (Å²) in [5, 5.41) is 9.75. The van der Waals surface area contributed by atoms with Crippen LogP contribution in [0.25, 0.3) is 0 Å². The first-order valence-corrected chi connectivity index (χ1v) is 6.24. The van der Waals surface area contributed by atoms with Crippen molar-refractivity contribution in [3.63, 3.8) is 0 Å². The monoisotopic (exact) mass is 256 g/mol. The fourth-order valence-electron chi connectivity index (χ4n) is 1.41. The molecule has 0 saturated heterocycles. The lowest BCUT2D eigenvalue weighted by molar-refractivity contribution is 0.949. The lowest BCUT2D eigenvalue weighted by Gasteiger charge is -2.04. The highest BCUT2D eigenvalue weighted by molar-refractivity contribution is 7.99. The Kier molecular flexibility index (Phi) is 3.92. The number of hydrogen-bond donors (Lipinski definition) is 1. The Balaban J connectivity index is 2.29. The first-order chi connectivity index (χ1) is 8.72. The third kappa shape index (κ3) is 2.86. The molecule has 2 rings (SSSR count). The topological polar surface area (TPSA) is 75.6 Å². The highest BCUT2D eigenvalue weighted by atomic mass is 32.2. The Morgan fingerprint density at radius 1 is 1.33 bits per heavy atom. The molecule has 0 aliphatic carbocycles. The van der Waals surface area contributed by atoms with Crippen LogP contribution in [0.5, 0.6) is 0 Å². The van der Waals surface area contributed by atoms with Crippen molar-refractivity contribution in [2.75, 3.05) is 0 Å². The van der Waals surface area contributed by atoms with Gasteiger partial charge in [-0.05, 0) is 41.9 Å². The molecule has 4 nitrogen and oxygen atoms in total. The van der Waals surface area contributed by atoms with E-state index in [4.69, 9.17) is 11.0 Å². The Morgan fingerprint density at radius 2 is 2.06 bits per heavy atom. The Labute approximate surface area is 110 Å². The van der Waals surface area contributed by atoms with Gasteiger partial charge in [-0.1, -0.05) is 6.07 Å². The van der Waals surface area contributed by atoms with Crippen LogP contribution in [0.4, 0.5) is 0 Å². The van der Waals surface area contributed by atoms with Gasteiger partial charge in [0.25, 0.3) is 0 Å². The zero-order chi connectivity index (χ0) is 13.0. The number of rotatable bonds is 3. The molecule has 0 saturated carbocycles. The van der Waals surface area contributed by atoms with E-state index in [2.05, 4.69) is 16.0 Å². The number of benzene rings is 1. The molecule has 18 heavy (non-hydrogen) atoms. The zero-order valence-corrected chi connectivity index (χ0v) is 10.7. The van der Waals surface area contributed by atoms with Gasteiger partial charge in [0.15, 0.2) is 5.16 Å². The predicted molar refractivity (Wildman–Crippen MR) is 69.9 cm³/mol. The molecule has 0 amide bonds. The summed E-state index contributed by atoms with van der Waals surface area (Å²) >= 11 is 1.38. The molecule has 1 aromatic carbocycles. The van der Waals surface area contributed by atoms with Gasteiger partial charge in [0.1, 0.15) is 6.07 Å². The average Bonchev–Trinajstić information content (AvgIpc) is 2.41. The van der Waals surface area contributed by atoms with Crippen molar-refractivity contribution in [3.05, 3.63) is 47.3 Å². The van der Waals surface area contributed by atoms with E-state index in [0.29, 0.717) is 17.3 Å². The minimum absolute atomic E-state index is 0.431. The second-order valence-corrected chi connectivity index (χ2v) is 4.80. The van der Waals surface area contributed by atoms with Gasteiger partial charge in [0.2, 0.25) is 0 Å². The van der Waals surface area contributed by atoms with E-state index in [-0.39, 0.29) is 0 Å². The summed E-state index contributed by atoms with van der Waals surface area (Å²) in [4.78, 5) is 9.26. The lowest BCUT2D eigenvalue weighted by atomic mass is 10.1. The minimum Gasteiger partial charge on any atom is -0.326 e. The summed E-state index contributed by atoms with van der Waals surface area (Å²) in [5.74, 6) is 0. The van der Waals surface area contributed by atoms with Crippen LogP contribution < -0.4 is 5.73 Å². The van der Waals surface area contributed by atoms with Crippen molar-refractivity contribution < 1.29 is 0 Å². The SMILES string of the molecule is Cc1cnc(Sc2ccc(CN)cc2C#N)nc1. The summed E-state index contributed by atoms with van der Waals surface area (Å²) in [6.07, 6.45) is 3.52. The predicted octanol–water partition coefficient (Wildman–Crippen LogP) is 2.27.